The van der Waals surface area contributed by atoms with E-state index in [-0.39, 0.29) is 35.6 Å². The molecule has 2 heterocycles. The van der Waals surface area contributed by atoms with Crippen molar-refractivity contribution in [1.29, 1.82) is 0 Å². The summed E-state index contributed by atoms with van der Waals surface area (Å²) in [6.07, 6.45) is 9.10. The first-order valence-electron chi connectivity index (χ1n) is 16.1. The van der Waals surface area contributed by atoms with Gasteiger partial charge >= 0.3 is 272 Å². The van der Waals surface area contributed by atoms with Crippen molar-refractivity contribution < 1.29 is 56.9 Å². The number of rotatable bonds is 8. The van der Waals surface area contributed by atoms with Crippen LogP contribution in [-0.4, -0.2) is 0 Å². The molecule has 6 rings (SSSR count). The molecule has 0 aliphatic heterocycles. The van der Waals surface area contributed by atoms with E-state index in [2.05, 4.69) is 128 Å². The molecule has 0 bridgehead atoms. The maximum Gasteiger partial charge on any atom is -1.00 e. The second-order valence-corrected chi connectivity index (χ2v) is 18.0. The predicted molar refractivity (Wildman–Crippen MR) is 177 cm³/mol. The molecule has 0 saturated heterocycles. The minimum Gasteiger partial charge on any atom is -1.00 e. The fourth-order valence-electron chi connectivity index (χ4n) is 6.89. The number of hydrogen-bond acceptors (Lipinski definition) is 2. The van der Waals surface area contributed by atoms with Crippen molar-refractivity contribution in [3.8, 4) is 0 Å². The van der Waals surface area contributed by atoms with Crippen molar-refractivity contribution in [1.82, 2.24) is 0 Å². The van der Waals surface area contributed by atoms with Crippen LogP contribution < -0.4 is 24.8 Å². The van der Waals surface area contributed by atoms with E-state index in [0.717, 1.165) is 48.7 Å². The van der Waals surface area contributed by atoms with E-state index >= 15 is 0 Å². The van der Waals surface area contributed by atoms with Crippen molar-refractivity contribution >= 4 is 23.3 Å². The normalized spacial score (nSPS) is 17.1. The summed E-state index contributed by atoms with van der Waals surface area (Å²) in [6.45, 7) is 18.5. The molecule has 2 aliphatic carbocycles. The van der Waals surface area contributed by atoms with Gasteiger partial charge in [-0.3, -0.25) is 0 Å². The van der Waals surface area contributed by atoms with E-state index in [4.69, 9.17) is 8.83 Å². The van der Waals surface area contributed by atoms with Crippen molar-refractivity contribution in [3.05, 3.63) is 117 Å². The SMILES string of the molecule is CCCc1ccc(C2=Cc3c(cccc3C(C)(C)C)[CH]2[Zr+2][CH]2C(c3ccc(CCC)o3)=Cc3c2cccc3C(C)(C)C)o1.[Cl-].[Cl-]. The van der Waals surface area contributed by atoms with Gasteiger partial charge in [0.05, 0.1) is 0 Å². The molecule has 0 fully saturated rings. The Hall–Kier alpha value is -2.06. The summed E-state index contributed by atoms with van der Waals surface area (Å²) in [5.74, 6) is 4.30. The van der Waals surface area contributed by atoms with Gasteiger partial charge in [0, 0.05) is 0 Å². The fraction of sp³-hybridized carbons (Fsp3) is 0.400. The van der Waals surface area contributed by atoms with Gasteiger partial charge in [0.2, 0.25) is 0 Å². The van der Waals surface area contributed by atoms with E-state index < -0.39 is 23.2 Å². The Morgan fingerprint density at radius 3 is 1.33 bits per heavy atom. The number of benzene rings is 2. The Labute approximate surface area is 294 Å². The molecule has 0 spiro atoms. The van der Waals surface area contributed by atoms with Crippen LogP contribution in [0.4, 0.5) is 0 Å². The van der Waals surface area contributed by atoms with Gasteiger partial charge < -0.3 is 24.8 Å². The van der Waals surface area contributed by atoms with Crippen molar-refractivity contribution in [2.24, 2.45) is 0 Å². The zero-order chi connectivity index (χ0) is 30.5. The zero-order valence-corrected chi connectivity index (χ0v) is 32.0. The molecule has 2 aromatic heterocycles. The summed E-state index contributed by atoms with van der Waals surface area (Å²) in [5.41, 5.74) is 11.6. The average Bonchev–Trinajstić information content (AvgIpc) is 3.73. The van der Waals surface area contributed by atoms with Crippen LogP contribution in [-0.2, 0) is 46.9 Å². The first kappa shape index (κ1) is 35.8. The number of aryl methyl sites for hydroxylation is 2. The Morgan fingerprint density at radius 1 is 0.578 bits per heavy atom. The van der Waals surface area contributed by atoms with Gasteiger partial charge in [-0.2, -0.15) is 0 Å². The summed E-state index contributed by atoms with van der Waals surface area (Å²) in [6, 6.07) is 22.9. The molecule has 45 heavy (non-hydrogen) atoms. The molecule has 2 aromatic carbocycles. The minimum atomic E-state index is -1.22. The van der Waals surface area contributed by atoms with Crippen LogP contribution in [0.1, 0.15) is 132 Å². The standard InChI is InChI=1S/2C20H23O.2ClH.Zr/c2*1-5-7-16-10-11-19(21-16)15-12-14-8-6-9-18(17(14)13-15)20(2,3)4;;;/h2*6,8-13H,5,7H2,1-4H3;2*1H;/q;;;;+2/p-2. The molecule has 2 aliphatic rings. The number of hydrogen-bond donors (Lipinski definition) is 0. The first-order chi connectivity index (χ1) is 20.5. The number of allylic oxidation sites excluding steroid dienone is 2. The van der Waals surface area contributed by atoms with Crippen molar-refractivity contribution in [2.75, 3.05) is 0 Å². The molecule has 0 radical (unpaired) electrons. The molecule has 236 valence electrons. The van der Waals surface area contributed by atoms with Crippen LogP contribution in [0.2, 0.25) is 0 Å². The molecule has 5 heteroatoms. The van der Waals surface area contributed by atoms with Crippen LogP contribution in [0.25, 0.3) is 23.3 Å². The Balaban J connectivity index is 0.00000230. The van der Waals surface area contributed by atoms with Crippen molar-refractivity contribution in [2.45, 2.75) is 99.2 Å². The molecule has 0 saturated carbocycles. The second-order valence-electron chi connectivity index (χ2n) is 14.4. The van der Waals surface area contributed by atoms with Gasteiger partial charge in [-0.1, -0.05) is 0 Å². The second kappa shape index (κ2) is 14.0. The van der Waals surface area contributed by atoms with Crippen LogP contribution >= 0.6 is 0 Å². The molecular weight excluding hydrogens is 675 g/mol. The first-order valence-corrected chi connectivity index (χ1v) is 19.0. The third-order valence-corrected chi connectivity index (χ3v) is 13.7. The van der Waals surface area contributed by atoms with Crippen LogP contribution in [0.5, 0.6) is 0 Å². The van der Waals surface area contributed by atoms with E-state index in [1.54, 1.807) is 0 Å². The smallest absolute Gasteiger partial charge is 1.00 e. The van der Waals surface area contributed by atoms with Crippen molar-refractivity contribution in [3.63, 3.8) is 0 Å². The van der Waals surface area contributed by atoms with Gasteiger partial charge in [0.25, 0.3) is 0 Å². The molecule has 0 amide bonds. The van der Waals surface area contributed by atoms with Crippen LogP contribution in [0.3, 0.4) is 0 Å². The number of halogens is 2. The summed E-state index contributed by atoms with van der Waals surface area (Å²) in [5, 5.41) is 0. The maximum atomic E-state index is 6.56. The zero-order valence-electron chi connectivity index (χ0n) is 28.0. The molecule has 2 atom stereocenters. The van der Waals surface area contributed by atoms with E-state index in [1.165, 1.54) is 44.5 Å². The Kier molecular flexibility index (Phi) is 11.1. The fourth-order valence-corrected chi connectivity index (χ4v) is 11.8. The van der Waals surface area contributed by atoms with Crippen LogP contribution in [0, 0.1) is 0 Å². The molecular formula is C40H46Cl2O2Zr. The summed E-state index contributed by atoms with van der Waals surface area (Å²) >= 11 is -1.22. The third kappa shape index (κ3) is 6.98. The van der Waals surface area contributed by atoms with Gasteiger partial charge in [0.1, 0.15) is 0 Å². The quantitative estimate of drug-likeness (QED) is 0.246. The van der Waals surface area contributed by atoms with E-state index in [9.17, 15) is 0 Å². The van der Waals surface area contributed by atoms with Gasteiger partial charge in [-0.25, -0.2) is 0 Å². The topological polar surface area (TPSA) is 26.3 Å². The number of fused-ring (bicyclic) bond motifs is 2. The molecule has 2 unspecified atom stereocenters. The van der Waals surface area contributed by atoms with E-state index in [0.29, 0.717) is 7.25 Å². The molecule has 4 aromatic rings. The third-order valence-electron chi connectivity index (χ3n) is 8.96. The monoisotopic (exact) mass is 718 g/mol. The summed E-state index contributed by atoms with van der Waals surface area (Å²) < 4.78 is 13.9. The van der Waals surface area contributed by atoms with Gasteiger partial charge in [-0.15, -0.1) is 0 Å². The van der Waals surface area contributed by atoms with Gasteiger partial charge in [-0.05, 0) is 0 Å². The van der Waals surface area contributed by atoms with E-state index in [1.807, 2.05) is 0 Å². The molecule has 0 N–H and O–H groups in total. The summed E-state index contributed by atoms with van der Waals surface area (Å²) in [7, 11) is 0. The maximum absolute atomic E-state index is 6.56. The Morgan fingerprint density at radius 2 is 0.978 bits per heavy atom. The minimum absolute atomic E-state index is 0. The average molecular weight is 721 g/mol. The number of furan rings is 2. The van der Waals surface area contributed by atoms with Crippen LogP contribution in [0.15, 0.2) is 69.5 Å². The largest absolute Gasteiger partial charge is 1.00 e. The predicted octanol–water partition coefficient (Wildman–Crippen LogP) is 5.35. The van der Waals surface area contributed by atoms with Gasteiger partial charge in [0.15, 0.2) is 0 Å². The molecule has 2 nitrogen and oxygen atoms in total. The Bertz CT molecular complexity index is 1580. The summed E-state index contributed by atoms with van der Waals surface area (Å²) in [4.78, 5) is 0.